The van der Waals surface area contributed by atoms with Crippen molar-refractivity contribution in [2.75, 3.05) is 11.9 Å². The lowest BCUT2D eigenvalue weighted by Gasteiger charge is -2.20. The van der Waals surface area contributed by atoms with Gasteiger partial charge in [-0.15, -0.1) is 0 Å². The first-order valence-electron chi connectivity index (χ1n) is 8.48. The Hall–Kier alpha value is -2.37. The van der Waals surface area contributed by atoms with Crippen LogP contribution in [0.15, 0.2) is 29.4 Å². The van der Waals surface area contributed by atoms with Gasteiger partial charge in [-0.2, -0.15) is 5.10 Å². The summed E-state index contributed by atoms with van der Waals surface area (Å²) in [5.41, 5.74) is 4.54. The quantitative estimate of drug-likeness (QED) is 0.638. The van der Waals surface area contributed by atoms with Crippen LogP contribution in [-0.2, 0) is 9.53 Å². The van der Waals surface area contributed by atoms with E-state index in [2.05, 4.69) is 15.8 Å². The second-order valence-electron chi connectivity index (χ2n) is 5.93. The predicted octanol–water partition coefficient (Wildman–Crippen LogP) is 3.68. The first kappa shape index (κ1) is 18.0. The minimum absolute atomic E-state index is 0.0890. The molecule has 24 heavy (non-hydrogen) atoms. The van der Waals surface area contributed by atoms with Crippen molar-refractivity contribution in [3.63, 3.8) is 0 Å². The number of nitrogens with zero attached hydrogens (tertiary/aromatic N) is 1. The lowest BCUT2D eigenvalue weighted by Crippen LogP contribution is -2.24. The van der Waals surface area contributed by atoms with E-state index in [0.717, 1.165) is 36.9 Å². The highest BCUT2D eigenvalue weighted by Crippen LogP contribution is 2.25. The Kier molecular flexibility index (Phi) is 6.78. The van der Waals surface area contributed by atoms with Crippen LogP contribution < -0.4 is 10.7 Å². The van der Waals surface area contributed by atoms with Crippen LogP contribution in [0.3, 0.4) is 0 Å². The van der Waals surface area contributed by atoms with Crippen LogP contribution in [0, 0.1) is 5.92 Å². The molecule has 1 aromatic carbocycles. The lowest BCUT2D eigenvalue weighted by molar-refractivity contribution is -0.120. The summed E-state index contributed by atoms with van der Waals surface area (Å²) in [6.45, 7) is 3.81. The van der Waals surface area contributed by atoms with Crippen molar-refractivity contribution in [3.8, 4) is 0 Å². The van der Waals surface area contributed by atoms with Crippen LogP contribution in [-0.4, -0.2) is 24.3 Å². The maximum absolute atomic E-state index is 12.3. The molecule has 0 saturated heterocycles. The van der Waals surface area contributed by atoms with Crippen molar-refractivity contribution < 1.29 is 14.3 Å². The molecule has 0 radical (unpaired) electrons. The van der Waals surface area contributed by atoms with Gasteiger partial charge in [0, 0.05) is 11.6 Å². The van der Waals surface area contributed by atoms with Crippen LogP contribution in [0.4, 0.5) is 10.5 Å². The van der Waals surface area contributed by atoms with Gasteiger partial charge in [0.2, 0.25) is 5.91 Å². The number of hydrogen-bond donors (Lipinski definition) is 2. The van der Waals surface area contributed by atoms with Gasteiger partial charge in [-0.25, -0.2) is 10.2 Å². The zero-order chi connectivity index (χ0) is 17.4. The SMILES string of the molecule is CCOC(=O)NN=C(C)c1cccc(NC(=O)C2CCCCC2)c1. The first-order valence-corrected chi connectivity index (χ1v) is 8.48. The fourth-order valence-corrected chi connectivity index (χ4v) is 2.79. The normalized spacial score (nSPS) is 15.7. The summed E-state index contributed by atoms with van der Waals surface area (Å²) in [7, 11) is 0. The lowest BCUT2D eigenvalue weighted by atomic mass is 9.88. The van der Waals surface area contributed by atoms with E-state index in [1.807, 2.05) is 24.3 Å². The molecular formula is C18H25N3O3. The molecule has 1 aliphatic carbocycles. The molecule has 1 aromatic rings. The van der Waals surface area contributed by atoms with Gasteiger partial charge >= 0.3 is 6.09 Å². The fraction of sp³-hybridized carbons (Fsp3) is 0.500. The molecule has 1 fully saturated rings. The van der Waals surface area contributed by atoms with Crippen LogP contribution in [0.1, 0.15) is 51.5 Å². The van der Waals surface area contributed by atoms with Crippen molar-refractivity contribution in [2.24, 2.45) is 11.0 Å². The summed E-state index contributed by atoms with van der Waals surface area (Å²) in [5.74, 6) is 0.203. The summed E-state index contributed by atoms with van der Waals surface area (Å²) in [6.07, 6.45) is 4.83. The van der Waals surface area contributed by atoms with Gasteiger partial charge in [-0.1, -0.05) is 31.4 Å². The third-order valence-electron chi connectivity index (χ3n) is 4.11. The average Bonchev–Trinajstić information content (AvgIpc) is 2.61. The van der Waals surface area contributed by atoms with Gasteiger partial charge in [0.05, 0.1) is 12.3 Å². The summed E-state index contributed by atoms with van der Waals surface area (Å²) in [4.78, 5) is 23.6. The summed E-state index contributed by atoms with van der Waals surface area (Å²) >= 11 is 0. The number of rotatable bonds is 5. The summed E-state index contributed by atoms with van der Waals surface area (Å²) < 4.78 is 4.76. The molecule has 0 spiro atoms. The molecule has 0 heterocycles. The first-order chi connectivity index (χ1) is 11.6. The van der Waals surface area contributed by atoms with E-state index < -0.39 is 6.09 Å². The second kappa shape index (κ2) is 9.05. The Morgan fingerprint density at radius 1 is 1.25 bits per heavy atom. The number of carbonyl (C=O) groups excluding carboxylic acids is 2. The fourth-order valence-electron chi connectivity index (χ4n) is 2.79. The zero-order valence-electron chi connectivity index (χ0n) is 14.3. The van der Waals surface area contributed by atoms with Crippen molar-refractivity contribution in [1.82, 2.24) is 5.43 Å². The van der Waals surface area contributed by atoms with Crippen molar-refractivity contribution in [1.29, 1.82) is 0 Å². The van der Waals surface area contributed by atoms with Gasteiger partial charge in [0.25, 0.3) is 0 Å². The number of hydrazone groups is 1. The van der Waals surface area contributed by atoms with Crippen molar-refractivity contribution in [2.45, 2.75) is 46.0 Å². The molecule has 6 heteroatoms. The van der Waals surface area contributed by atoms with Crippen LogP contribution in [0.5, 0.6) is 0 Å². The van der Waals surface area contributed by atoms with Gasteiger partial charge in [-0.05, 0) is 44.4 Å². The molecule has 1 aliphatic rings. The molecule has 130 valence electrons. The molecule has 0 unspecified atom stereocenters. The van der Waals surface area contributed by atoms with E-state index in [9.17, 15) is 9.59 Å². The molecule has 2 N–H and O–H groups in total. The van der Waals surface area contributed by atoms with Crippen LogP contribution in [0.2, 0.25) is 0 Å². The molecule has 0 aromatic heterocycles. The zero-order valence-corrected chi connectivity index (χ0v) is 14.3. The smallest absolute Gasteiger partial charge is 0.427 e. The summed E-state index contributed by atoms with van der Waals surface area (Å²) in [5, 5.41) is 6.99. The number of ether oxygens (including phenoxy) is 1. The van der Waals surface area contributed by atoms with E-state index in [-0.39, 0.29) is 11.8 Å². The maximum atomic E-state index is 12.3. The monoisotopic (exact) mass is 331 g/mol. The van der Waals surface area contributed by atoms with E-state index in [1.54, 1.807) is 13.8 Å². The highest BCUT2D eigenvalue weighted by atomic mass is 16.5. The molecule has 2 amide bonds. The Morgan fingerprint density at radius 2 is 2.00 bits per heavy atom. The van der Waals surface area contributed by atoms with Crippen molar-refractivity contribution >= 4 is 23.4 Å². The molecule has 6 nitrogen and oxygen atoms in total. The largest absolute Gasteiger partial charge is 0.449 e. The van der Waals surface area contributed by atoms with E-state index in [1.165, 1.54) is 6.42 Å². The number of benzene rings is 1. The molecule has 1 saturated carbocycles. The Labute approximate surface area is 142 Å². The second-order valence-corrected chi connectivity index (χ2v) is 5.93. The number of anilines is 1. The third kappa shape index (κ3) is 5.37. The Bertz CT molecular complexity index is 607. The van der Waals surface area contributed by atoms with Crippen molar-refractivity contribution in [3.05, 3.63) is 29.8 Å². The van der Waals surface area contributed by atoms with Crippen LogP contribution >= 0.6 is 0 Å². The number of nitrogens with one attached hydrogen (secondary N) is 2. The van der Waals surface area contributed by atoms with Crippen LogP contribution in [0.25, 0.3) is 0 Å². The molecule has 0 aliphatic heterocycles. The number of hydrogen-bond acceptors (Lipinski definition) is 4. The molecule has 2 rings (SSSR count). The van der Waals surface area contributed by atoms with Gasteiger partial charge in [-0.3, -0.25) is 4.79 Å². The summed E-state index contributed by atoms with van der Waals surface area (Å²) in [6, 6.07) is 7.44. The minimum atomic E-state index is -0.585. The number of carbonyl (C=O) groups is 2. The third-order valence-corrected chi connectivity index (χ3v) is 4.11. The Balaban J connectivity index is 1.98. The topological polar surface area (TPSA) is 79.8 Å². The Morgan fingerprint density at radius 3 is 2.71 bits per heavy atom. The van der Waals surface area contributed by atoms with E-state index >= 15 is 0 Å². The van der Waals surface area contributed by atoms with E-state index in [4.69, 9.17) is 4.74 Å². The predicted molar refractivity (Wildman–Crippen MR) is 94.0 cm³/mol. The highest BCUT2D eigenvalue weighted by Gasteiger charge is 2.21. The van der Waals surface area contributed by atoms with Gasteiger partial charge in [0.15, 0.2) is 0 Å². The van der Waals surface area contributed by atoms with Gasteiger partial charge < -0.3 is 10.1 Å². The van der Waals surface area contributed by atoms with E-state index in [0.29, 0.717) is 12.3 Å². The standard InChI is InChI=1S/C18H25N3O3/c1-3-24-18(23)21-20-13(2)15-10-7-11-16(12-15)19-17(22)14-8-5-4-6-9-14/h7,10-12,14H,3-6,8-9H2,1-2H3,(H,19,22)(H,21,23). The maximum Gasteiger partial charge on any atom is 0.427 e. The molecule has 0 bridgehead atoms. The molecule has 0 atom stereocenters. The minimum Gasteiger partial charge on any atom is -0.449 e. The van der Waals surface area contributed by atoms with Gasteiger partial charge in [0.1, 0.15) is 0 Å². The highest BCUT2D eigenvalue weighted by molar-refractivity contribution is 6.01. The molecular weight excluding hydrogens is 306 g/mol. The average molecular weight is 331 g/mol. The number of amides is 2.